The van der Waals surface area contributed by atoms with Crippen molar-refractivity contribution < 1.29 is 14.1 Å². The summed E-state index contributed by atoms with van der Waals surface area (Å²) in [5, 5.41) is 15.1. The topological polar surface area (TPSA) is 90.4 Å². The summed E-state index contributed by atoms with van der Waals surface area (Å²) in [5.41, 5.74) is 2.37. The van der Waals surface area contributed by atoms with Crippen LogP contribution in [0.2, 0.25) is 0 Å². The van der Waals surface area contributed by atoms with Crippen LogP contribution in [0.3, 0.4) is 0 Å². The van der Waals surface area contributed by atoms with Crippen molar-refractivity contribution in [2.24, 2.45) is 0 Å². The van der Waals surface area contributed by atoms with E-state index in [0.717, 1.165) is 28.0 Å². The third-order valence-corrected chi connectivity index (χ3v) is 4.22. The van der Waals surface area contributed by atoms with Gasteiger partial charge in [0.1, 0.15) is 29.1 Å². The Labute approximate surface area is 144 Å². The van der Waals surface area contributed by atoms with E-state index in [1.54, 1.807) is 20.1 Å². The van der Waals surface area contributed by atoms with Crippen LogP contribution >= 0.6 is 0 Å². The molecule has 0 spiro atoms. The van der Waals surface area contributed by atoms with Crippen molar-refractivity contribution >= 4 is 22.5 Å². The summed E-state index contributed by atoms with van der Waals surface area (Å²) in [7, 11) is 1.63. The predicted molar refractivity (Wildman–Crippen MR) is 95.2 cm³/mol. The van der Waals surface area contributed by atoms with E-state index in [1.807, 2.05) is 32.0 Å². The number of benzene rings is 1. The summed E-state index contributed by atoms with van der Waals surface area (Å²) in [6.07, 6.45) is 1.26. The first-order chi connectivity index (χ1) is 11.9. The fourth-order valence-corrected chi connectivity index (χ4v) is 2.87. The highest BCUT2D eigenvalue weighted by Gasteiger charge is 2.19. The van der Waals surface area contributed by atoms with Crippen LogP contribution in [0.1, 0.15) is 29.9 Å². The quantitative estimate of drug-likeness (QED) is 0.541. The molecule has 0 aliphatic carbocycles. The molecular weight excluding hydrogens is 322 g/mol. The number of rotatable bonds is 5. The Hall–Kier alpha value is -3.09. The predicted octanol–water partition coefficient (Wildman–Crippen LogP) is 4.53. The molecule has 25 heavy (non-hydrogen) atoms. The fraction of sp³-hybridized carbons (Fsp3) is 0.278. The van der Waals surface area contributed by atoms with Gasteiger partial charge in [-0.1, -0.05) is 0 Å². The molecule has 1 unspecified atom stereocenters. The summed E-state index contributed by atoms with van der Waals surface area (Å²) in [5.74, 6) is 2.13. The summed E-state index contributed by atoms with van der Waals surface area (Å²) in [4.78, 5) is 14.6. The number of hydrogen-bond acceptors (Lipinski definition) is 6. The van der Waals surface area contributed by atoms with Gasteiger partial charge in [0.15, 0.2) is 0 Å². The number of pyridine rings is 1. The highest BCUT2D eigenvalue weighted by molar-refractivity contribution is 5.83. The van der Waals surface area contributed by atoms with Crippen LogP contribution in [-0.4, -0.2) is 17.0 Å². The van der Waals surface area contributed by atoms with E-state index in [0.29, 0.717) is 11.4 Å². The Morgan fingerprint density at radius 2 is 2.08 bits per heavy atom. The minimum atomic E-state index is -0.438. The van der Waals surface area contributed by atoms with Gasteiger partial charge in [-0.25, -0.2) is 4.98 Å². The number of ether oxygens (including phenoxy) is 1. The third-order valence-electron chi connectivity index (χ3n) is 4.22. The number of furan rings is 1. The summed E-state index contributed by atoms with van der Waals surface area (Å²) < 4.78 is 11.2. The minimum Gasteiger partial charge on any atom is -0.497 e. The third kappa shape index (κ3) is 3.13. The molecule has 2 heterocycles. The number of fused-ring (bicyclic) bond motifs is 1. The molecule has 0 saturated carbocycles. The van der Waals surface area contributed by atoms with Gasteiger partial charge in [0.05, 0.1) is 18.1 Å². The van der Waals surface area contributed by atoms with E-state index in [4.69, 9.17) is 9.15 Å². The molecule has 0 saturated heterocycles. The number of nitrogens with zero attached hydrogens (tertiary/aromatic N) is 2. The molecule has 3 aromatic rings. The minimum absolute atomic E-state index is 0.00483. The largest absolute Gasteiger partial charge is 0.497 e. The Morgan fingerprint density at radius 1 is 1.32 bits per heavy atom. The zero-order chi connectivity index (χ0) is 18.1. The normalized spacial score (nSPS) is 12.2. The summed E-state index contributed by atoms with van der Waals surface area (Å²) >= 11 is 0. The van der Waals surface area contributed by atoms with Gasteiger partial charge in [-0.15, -0.1) is 0 Å². The first kappa shape index (κ1) is 16.8. The van der Waals surface area contributed by atoms with E-state index >= 15 is 0 Å². The van der Waals surface area contributed by atoms with E-state index in [9.17, 15) is 10.1 Å². The second-order valence-corrected chi connectivity index (χ2v) is 5.93. The van der Waals surface area contributed by atoms with Crippen molar-refractivity contribution in [2.75, 3.05) is 12.4 Å². The SMILES string of the molecule is COc1ccc2oc(C(C)Nc3cc(C)c([N+](=O)[O-])cn3)c(C)c2c1. The zero-order valence-electron chi connectivity index (χ0n) is 14.5. The van der Waals surface area contributed by atoms with Crippen LogP contribution in [0, 0.1) is 24.0 Å². The summed E-state index contributed by atoms with van der Waals surface area (Å²) in [6.45, 7) is 5.64. The molecule has 0 radical (unpaired) electrons. The zero-order valence-corrected chi connectivity index (χ0v) is 14.5. The molecule has 1 N–H and O–H groups in total. The van der Waals surface area contributed by atoms with Gasteiger partial charge < -0.3 is 14.5 Å². The van der Waals surface area contributed by atoms with E-state index in [1.165, 1.54) is 6.20 Å². The second-order valence-electron chi connectivity index (χ2n) is 5.93. The lowest BCUT2D eigenvalue weighted by Crippen LogP contribution is -2.08. The number of nitro groups is 1. The average molecular weight is 341 g/mol. The van der Waals surface area contributed by atoms with Crippen LogP contribution in [0.4, 0.5) is 11.5 Å². The smallest absolute Gasteiger partial charge is 0.290 e. The number of aromatic nitrogens is 1. The number of methoxy groups -OCH3 is 1. The van der Waals surface area contributed by atoms with Gasteiger partial charge in [-0.05, 0) is 45.0 Å². The maximum absolute atomic E-state index is 10.9. The van der Waals surface area contributed by atoms with Crippen molar-refractivity contribution in [3.8, 4) is 5.75 Å². The van der Waals surface area contributed by atoms with E-state index < -0.39 is 4.92 Å². The van der Waals surface area contributed by atoms with Gasteiger partial charge in [-0.3, -0.25) is 10.1 Å². The molecule has 1 aromatic carbocycles. The monoisotopic (exact) mass is 341 g/mol. The Balaban J connectivity index is 1.89. The molecule has 7 heteroatoms. The highest BCUT2D eigenvalue weighted by Crippen LogP contribution is 2.33. The average Bonchev–Trinajstić information content (AvgIpc) is 2.91. The molecule has 3 rings (SSSR count). The van der Waals surface area contributed by atoms with Gasteiger partial charge >= 0.3 is 0 Å². The van der Waals surface area contributed by atoms with Gasteiger partial charge in [-0.2, -0.15) is 0 Å². The van der Waals surface area contributed by atoms with E-state index in [-0.39, 0.29) is 11.7 Å². The lowest BCUT2D eigenvalue weighted by Gasteiger charge is -2.13. The van der Waals surface area contributed by atoms with Gasteiger partial charge in [0.2, 0.25) is 0 Å². The van der Waals surface area contributed by atoms with Crippen LogP contribution < -0.4 is 10.1 Å². The lowest BCUT2D eigenvalue weighted by molar-refractivity contribution is -0.385. The molecule has 7 nitrogen and oxygen atoms in total. The molecule has 1 atom stereocenters. The van der Waals surface area contributed by atoms with Crippen molar-refractivity contribution in [1.29, 1.82) is 0 Å². The van der Waals surface area contributed by atoms with Gasteiger partial charge in [0, 0.05) is 16.5 Å². The molecule has 0 amide bonds. The van der Waals surface area contributed by atoms with E-state index in [2.05, 4.69) is 10.3 Å². The molecular formula is C18H19N3O4. The molecule has 0 aliphatic rings. The standard InChI is InChI=1S/C18H19N3O4/c1-10-7-17(19-9-15(10)21(22)23)20-12(3)18-11(2)14-8-13(24-4)5-6-16(14)25-18/h5-9,12H,1-4H3,(H,19,20). The Morgan fingerprint density at radius 3 is 2.72 bits per heavy atom. The van der Waals surface area contributed by atoms with Crippen molar-refractivity contribution in [3.63, 3.8) is 0 Å². The molecule has 130 valence electrons. The van der Waals surface area contributed by atoms with Crippen molar-refractivity contribution in [1.82, 2.24) is 4.98 Å². The van der Waals surface area contributed by atoms with Crippen molar-refractivity contribution in [2.45, 2.75) is 26.8 Å². The Bertz CT molecular complexity index is 949. The lowest BCUT2D eigenvalue weighted by atomic mass is 10.1. The first-order valence-corrected chi connectivity index (χ1v) is 7.85. The first-order valence-electron chi connectivity index (χ1n) is 7.85. The van der Waals surface area contributed by atoms with Crippen molar-refractivity contribution in [3.05, 3.63) is 57.5 Å². The van der Waals surface area contributed by atoms with Gasteiger partial charge in [0.25, 0.3) is 5.69 Å². The van der Waals surface area contributed by atoms with Crippen LogP contribution in [0.15, 0.2) is 34.9 Å². The van der Waals surface area contributed by atoms with Crippen LogP contribution in [-0.2, 0) is 0 Å². The number of aryl methyl sites for hydroxylation is 2. The second kappa shape index (κ2) is 6.43. The maximum Gasteiger partial charge on any atom is 0.290 e. The molecule has 2 aromatic heterocycles. The maximum atomic E-state index is 10.9. The van der Waals surface area contributed by atoms with Crippen LogP contribution in [0.5, 0.6) is 5.75 Å². The number of hydrogen-bond donors (Lipinski definition) is 1. The number of nitrogens with one attached hydrogen (secondary N) is 1. The highest BCUT2D eigenvalue weighted by atomic mass is 16.6. The van der Waals surface area contributed by atoms with Crippen LogP contribution in [0.25, 0.3) is 11.0 Å². The fourth-order valence-electron chi connectivity index (χ4n) is 2.87. The molecule has 0 aliphatic heterocycles. The number of anilines is 1. The summed E-state index contributed by atoms with van der Waals surface area (Å²) in [6, 6.07) is 7.20. The molecule has 0 bridgehead atoms. The molecule has 0 fully saturated rings. The Kier molecular flexibility index (Phi) is 4.31.